The Labute approximate surface area is 117 Å². The molecule has 0 aromatic heterocycles. The Kier molecular flexibility index (Phi) is 3.45. The second-order valence-electron chi connectivity index (χ2n) is 5.29. The fraction of sp³-hybridized carbons (Fsp3) is 0.294. The van der Waals surface area contributed by atoms with Crippen LogP contribution in [-0.4, -0.2) is 11.2 Å². The van der Waals surface area contributed by atoms with Crippen LogP contribution < -0.4 is 4.74 Å². The van der Waals surface area contributed by atoms with Gasteiger partial charge in [-0.2, -0.15) is 0 Å². The van der Waals surface area contributed by atoms with Gasteiger partial charge >= 0.3 is 0 Å². The molecule has 2 aromatic carbocycles. The van der Waals surface area contributed by atoms with Gasteiger partial charge in [0.1, 0.15) is 17.7 Å². The Morgan fingerprint density at radius 3 is 2.70 bits per heavy atom. The van der Waals surface area contributed by atoms with Crippen molar-refractivity contribution in [3.63, 3.8) is 0 Å². The third-order valence-corrected chi connectivity index (χ3v) is 3.95. The number of rotatable bonds is 2. The van der Waals surface area contributed by atoms with E-state index < -0.39 is 6.10 Å². The molecule has 1 aliphatic heterocycles. The molecular formula is C17H17FO2. The van der Waals surface area contributed by atoms with E-state index in [9.17, 15) is 9.50 Å². The van der Waals surface area contributed by atoms with E-state index in [0.29, 0.717) is 17.7 Å². The molecule has 20 heavy (non-hydrogen) atoms. The van der Waals surface area contributed by atoms with Crippen LogP contribution in [0.3, 0.4) is 0 Å². The molecule has 3 unspecified atom stereocenters. The summed E-state index contributed by atoms with van der Waals surface area (Å²) in [5, 5.41) is 10.2. The van der Waals surface area contributed by atoms with E-state index in [1.54, 1.807) is 6.07 Å². The number of aliphatic hydroxyl groups is 1. The molecule has 104 valence electrons. The van der Waals surface area contributed by atoms with E-state index in [1.165, 1.54) is 12.1 Å². The van der Waals surface area contributed by atoms with Gasteiger partial charge in [-0.15, -0.1) is 0 Å². The van der Waals surface area contributed by atoms with Gasteiger partial charge in [0.2, 0.25) is 0 Å². The maximum atomic E-state index is 13.3. The van der Waals surface area contributed by atoms with E-state index in [4.69, 9.17) is 4.74 Å². The summed E-state index contributed by atoms with van der Waals surface area (Å²) in [6.07, 6.45) is -0.230. The topological polar surface area (TPSA) is 29.5 Å². The Morgan fingerprint density at radius 2 is 1.95 bits per heavy atom. The van der Waals surface area contributed by atoms with Crippen LogP contribution in [0.2, 0.25) is 0 Å². The zero-order valence-electron chi connectivity index (χ0n) is 11.3. The summed E-state index contributed by atoms with van der Waals surface area (Å²) in [6, 6.07) is 14.3. The van der Waals surface area contributed by atoms with Gasteiger partial charge in [-0.05, 0) is 17.7 Å². The van der Waals surface area contributed by atoms with Gasteiger partial charge in [-0.3, -0.25) is 0 Å². The fourth-order valence-electron chi connectivity index (χ4n) is 2.72. The lowest BCUT2D eigenvalue weighted by molar-refractivity contribution is 0.0543. The zero-order valence-corrected chi connectivity index (χ0v) is 11.3. The maximum absolute atomic E-state index is 13.3. The van der Waals surface area contributed by atoms with Gasteiger partial charge in [0.25, 0.3) is 0 Å². The Balaban J connectivity index is 1.87. The van der Waals surface area contributed by atoms with Gasteiger partial charge in [0.05, 0.1) is 6.10 Å². The van der Waals surface area contributed by atoms with Gasteiger partial charge < -0.3 is 9.84 Å². The molecule has 0 saturated carbocycles. The predicted molar refractivity (Wildman–Crippen MR) is 75.2 cm³/mol. The monoisotopic (exact) mass is 272 g/mol. The molecule has 0 radical (unpaired) electrons. The smallest absolute Gasteiger partial charge is 0.128 e. The molecule has 1 aliphatic rings. The zero-order chi connectivity index (χ0) is 14.1. The Bertz CT molecular complexity index is 597. The minimum atomic E-state index is -0.601. The summed E-state index contributed by atoms with van der Waals surface area (Å²) < 4.78 is 19.2. The Morgan fingerprint density at radius 1 is 1.20 bits per heavy atom. The number of benzene rings is 2. The molecule has 3 rings (SSSR count). The standard InChI is InChI=1S/C17H17FO2/c1-11(12-5-3-2-4-6-12)16-10-15(19)14-8-7-13(18)9-17(14)20-16/h2-9,11,15-16,19H,10H2,1H3. The predicted octanol–water partition coefficient (Wildman–Crippen LogP) is 3.81. The SMILES string of the molecule is CC(c1ccccc1)C1CC(O)c2ccc(F)cc2O1. The highest BCUT2D eigenvalue weighted by Gasteiger charge is 2.31. The van der Waals surface area contributed by atoms with Crippen LogP contribution in [0.5, 0.6) is 5.75 Å². The largest absolute Gasteiger partial charge is 0.489 e. The van der Waals surface area contributed by atoms with Crippen molar-refractivity contribution in [1.82, 2.24) is 0 Å². The van der Waals surface area contributed by atoms with Crippen LogP contribution in [0.1, 0.15) is 36.5 Å². The lowest BCUT2D eigenvalue weighted by Gasteiger charge is -2.33. The average molecular weight is 272 g/mol. The lowest BCUT2D eigenvalue weighted by atomic mass is 9.88. The maximum Gasteiger partial charge on any atom is 0.128 e. The molecule has 1 heterocycles. The van der Waals surface area contributed by atoms with Crippen molar-refractivity contribution in [2.45, 2.75) is 31.5 Å². The first kappa shape index (κ1) is 13.1. The fourth-order valence-corrected chi connectivity index (χ4v) is 2.72. The van der Waals surface area contributed by atoms with Crippen molar-refractivity contribution in [2.75, 3.05) is 0 Å². The van der Waals surface area contributed by atoms with E-state index in [1.807, 2.05) is 30.3 Å². The van der Waals surface area contributed by atoms with Gasteiger partial charge in [-0.25, -0.2) is 4.39 Å². The molecule has 0 fully saturated rings. The average Bonchev–Trinajstić information content (AvgIpc) is 2.46. The summed E-state index contributed by atoms with van der Waals surface area (Å²) in [5.41, 5.74) is 1.83. The molecule has 0 saturated heterocycles. The van der Waals surface area contributed by atoms with E-state index in [2.05, 4.69) is 6.92 Å². The third kappa shape index (κ3) is 2.41. The summed E-state index contributed by atoms with van der Waals surface area (Å²) in [5.74, 6) is 0.253. The summed E-state index contributed by atoms with van der Waals surface area (Å²) in [7, 11) is 0. The highest BCUT2D eigenvalue weighted by atomic mass is 19.1. The first-order chi connectivity index (χ1) is 9.65. The molecule has 2 aromatic rings. The molecule has 0 amide bonds. The quantitative estimate of drug-likeness (QED) is 0.900. The number of halogens is 1. The molecule has 0 aliphatic carbocycles. The second kappa shape index (κ2) is 5.25. The number of fused-ring (bicyclic) bond motifs is 1. The van der Waals surface area contributed by atoms with Crippen LogP contribution in [-0.2, 0) is 0 Å². The summed E-state index contributed by atoms with van der Waals surface area (Å²) >= 11 is 0. The number of ether oxygens (including phenoxy) is 1. The van der Waals surface area contributed by atoms with Crippen LogP contribution >= 0.6 is 0 Å². The first-order valence-electron chi connectivity index (χ1n) is 6.84. The van der Waals surface area contributed by atoms with Gasteiger partial charge in [0, 0.05) is 24.0 Å². The van der Waals surface area contributed by atoms with Crippen molar-refractivity contribution in [1.29, 1.82) is 0 Å². The van der Waals surface area contributed by atoms with E-state index >= 15 is 0 Å². The first-order valence-corrected chi connectivity index (χ1v) is 6.84. The highest BCUT2D eigenvalue weighted by Crippen LogP contribution is 2.39. The van der Waals surface area contributed by atoms with Crippen molar-refractivity contribution in [2.24, 2.45) is 0 Å². The summed E-state index contributed by atoms with van der Waals surface area (Å²) in [6.45, 7) is 2.07. The molecule has 2 nitrogen and oxygen atoms in total. The van der Waals surface area contributed by atoms with Crippen LogP contribution in [0.15, 0.2) is 48.5 Å². The molecular weight excluding hydrogens is 255 g/mol. The van der Waals surface area contributed by atoms with Crippen LogP contribution in [0, 0.1) is 5.82 Å². The normalized spacial score (nSPS) is 22.8. The molecule has 1 N–H and O–H groups in total. The van der Waals surface area contributed by atoms with Gasteiger partial charge in [-0.1, -0.05) is 37.3 Å². The molecule has 3 atom stereocenters. The minimum absolute atomic E-state index is 0.141. The van der Waals surface area contributed by atoms with E-state index in [0.717, 1.165) is 5.56 Å². The molecule has 0 bridgehead atoms. The lowest BCUT2D eigenvalue weighted by Crippen LogP contribution is -2.30. The van der Waals surface area contributed by atoms with Gasteiger partial charge in [0.15, 0.2) is 0 Å². The van der Waals surface area contributed by atoms with Crippen LogP contribution in [0.25, 0.3) is 0 Å². The molecule has 3 heteroatoms. The van der Waals surface area contributed by atoms with Crippen LogP contribution in [0.4, 0.5) is 4.39 Å². The number of aliphatic hydroxyl groups excluding tert-OH is 1. The highest BCUT2D eigenvalue weighted by molar-refractivity contribution is 5.38. The number of hydrogen-bond acceptors (Lipinski definition) is 2. The third-order valence-electron chi connectivity index (χ3n) is 3.95. The Hall–Kier alpha value is -1.87. The molecule has 0 spiro atoms. The van der Waals surface area contributed by atoms with Crippen molar-refractivity contribution < 1.29 is 14.2 Å². The van der Waals surface area contributed by atoms with Crippen molar-refractivity contribution in [3.8, 4) is 5.75 Å². The van der Waals surface area contributed by atoms with Crippen molar-refractivity contribution in [3.05, 3.63) is 65.5 Å². The number of hydrogen-bond donors (Lipinski definition) is 1. The second-order valence-corrected chi connectivity index (χ2v) is 5.29. The minimum Gasteiger partial charge on any atom is -0.489 e. The van der Waals surface area contributed by atoms with E-state index in [-0.39, 0.29) is 17.8 Å². The van der Waals surface area contributed by atoms with Crippen molar-refractivity contribution >= 4 is 0 Å². The summed E-state index contributed by atoms with van der Waals surface area (Å²) in [4.78, 5) is 0.